The van der Waals surface area contributed by atoms with Crippen molar-refractivity contribution in [3.63, 3.8) is 0 Å². The first-order valence-corrected chi connectivity index (χ1v) is 14.5. The highest BCUT2D eigenvalue weighted by atomic mass is 15.0. The third-order valence-electron chi connectivity index (χ3n) is 9.23. The quantitative estimate of drug-likeness (QED) is 0.205. The number of pyridine rings is 2. The van der Waals surface area contributed by atoms with Crippen molar-refractivity contribution in [2.45, 2.75) is 19.3 Å². The monoisotopic (exact) mass is 537 g/mol. The van der Waals surface area contributed by atoms with E-state index in [9.17, 15) is 0 Å². The van der Waals surface area contributed by atoms with Gasteiger partial charge < -0.3 is 4.57 Å². The van der Waals surface area contributed by atoms with E-state index in [2.05, 4.69) is 139 Å². The standard InChI is InChI=1S/C39H27N3/c1-39(2)31-11-5-3-10-30(31)35-32(39)21-20-29-28-9-4-6-12-34(28)42(38(29)35)27-18-15-24(16-19-27)33-22-17-26-14-13-25-8-7-23-40-36(25)37(26)41-33/h3-23H,1-2H3. The molecule has 3 aromatic heterocycles. The minimum atomic E-state index is -0.0496. The van der Waals surface area contributed by atoms with Gasteiger partial charge in [-0.15, -0.1) is 0 Å². The minimum Gasteiger partial charge on any atom is -0.309 e. The number of nitrogens with zero attached hydrogens (tertiary/aromatic N) is 3. The lowest BCUT2D eigenvalue weighted by atomic mass is 9.82. The van der Waals surface area contributed by atoms with Gasteiger partial charge in [-0.05, 0) is 47.0 Å². The molecule has 0 spiro atoms. The molecule has 42 heavy (non-hydrogen) atoms. The summed E-state index contributed by atoms with van der Waals surface area (Å²) in [5.74, 6) is 0. The molecule has 0 aliphatic heterocycles. The van der Waals surface area contributed by atoms with E-state index in [1.54, 1.807) is 0 Å². The molecule has 5 aromatic carbocycles. The van der Waals surface area contributed by atoms with E-state index in [0.717, 1.165) is 38.8 Å². The predicted octanol–water partition coefficient (Wildman–Crippen LogP) is 9.85. The largest absolute Gasteiger partial charge is 0.309 e. The van der Waals surface area contributed by atoms with Gasteiger partial charge in [0.25, 0.3) is 0 Å². The van der Waals surface area contributed by atoms with Crippen molar-refractivity contribution in [1.82, 2.24) is 14.5 Å². The number of rotatable bonds is 2. The fourth-order valence-corrected chi connectivity index (χ4v) is 7.18. The molecular formula is C39H27N3. The Hall–Kier alpha value is -5.28. The molecule has 1 aliphatic carbocycles. The molecule has 9 rings (SSSR count). The number of fused-ring (bicyclic) bond motifs is 10. The second kappa shape index (κ2) is 8.37. The Bertz CT molecular complexity index is 2380. The normalized spacial score (nSPS) is 13.7. The Labute approximate surface area is 243 Å². The first kappa shape index (κ1) is 23.4. The average molecular weight is 538 g/mol. The second-order valence-corrected chi connectivity index (χ2v) is 11.9. The van der Waals surface area contributed by atoms with E-state index >= 15 is 0 Å². The van der Waals surface area contributed by atoms with Gasteiger partial charge in [0, 0.05) is 50.0 Å². The zero-order valence-electron chi connectivity index (χ0n) is 23.5. The molecule has 8 aromatic rings. The Balaban J connectivity index is 1.26. The molecule has 3 heterocycles. The lowest BCUT2D eigenvalue weighted by molar-refractivity contribution is 0.661. The van der Waals surface area contributed by atoms with Crippen LogP contribution < -0.4 is 0 Å². The summed E-state index contributed by atoms with van der Waals surface area (Å²) in [6.07, 6.45) is 1.84. The molecule has 198 valence electrons. The number of hydrogen-bond donors (Lipinski definition) is 0. The molecule has 0 saturated carbocycles. The smallest absolute Gasteiger partial charge is 0.0972 e. The van der Waals surface area contributed by atoms with Crippen molar-refractivity contribution in [1.29, 1.82) is 0 Å². The summed E-state index contributed by atoms with van der Waals surface area (Å²) in [5, 5.41) is 4.77. The Kier molecular flexibility index (Phi) is 4.67. The third kappa shape index (κ3) is 3.11. The minimum absolute atomic E-state index is 0.0496. The Morgan fingerprint density at radius 1 is 0.595 bits per heavy atom. The summed E-state index contributed by atoms with van der Waals surface area (Å²) in [7, 11) is 0. The fourth-order valence-electron chi connectivity index (χ4n) is 7.18. The maximum atomic E-state index is 5.08. The van der Waals surface area contributed by atoms with Crippen LogP contribution in [-0.4, -0.2) is 14.5 Å². The van der Waals surface area contributed by atoms with Crippen LogP contribution >= 0.6 is 0 Å². The summed E-state index contributed by atoms with van der Waals surface area (Å²) < 4.78 is 2.46. The van der Waals surface area contributed by atoms with Gasteiger partial charge in [-0.25, -0.2) is 4.98 Å². The SMILES string of the molecule is CC1(C)c2ccccc2-c2c1ccc1c3ccccc3n(-c3ccc(-c4ccc5ccc6cccnc6c5n4)cc3)c21. The molecule has 0 atom stereocenters. The molecule has 0 saturated heterocycles. The van der Waals surface area contributed by atoms with E-state index < -0.39 is 0 Å². The number of para-hydroxylation sites is 1. The average Bonchev–Trinajstić information content (AvgIpc) is 3.50. The van der Waals surface area contributed by atoms with Crippen LogP contribution in [0, 0.1) is 0 Å². The molecule has 0 radical (unpaired) electrons. The molecule has 0 bridgehead atoms. The molecule has 0 fully saturated rings. The van der Waals surface area contributed by atoms with Gasteiger partial charge in [-0.2, -0.15) is 0 Å². The van der Waals surface area contributed by atoms with Gasteiger partial charge in [0.05, 0.1) is 27.8 Å². The van der Waals surface area contributed by atoms with Crippen molar-refractivity contribution >= 4 is 43.6 Å². The van der Waals surface area contributed by atoms with Crippen LogP contribution in [0.25, 0.3) is 71.7 Å². The highest BCUT2D eigenvalue weighted by Gasteiger charge is 2.37. The molecule has 3 nitrogen and oxygen atoms in total. The van der Waals surface area contributed by atoms with Crippen molar-refractivity contribution in [2.75, 3.05) is 0 Å². The van der Waals surface area contributed by atoms with Crippen molar-refractivity contribution in [3.8, 4) is 28.1 Å². The molecule has 3 heteroatoms. The first-order valence-electron chi connectivity index (χ1n) is 14.5. The van der Waals surface area contributed by atoms with Gasteiger partial charge in [-0.1, -0.05) is 105 Å². The van der Waals surface area contributed by atoms with Crippen LogP contribution in [0.1, 0.15) is 25.0 Å². The first-order chi connectivity index (χ1) is 20.6. The lowest BCUT2D eigenvalue weighted by Crippen LogP contribution is -2.14. The number of aromatic nitrogens is 3. The maximum Gasteiger partial charge on any atom is 0.0972 e. The van der Waals surface area contributed by atoms with E-state index in [1.165, 1.54) is 44.1 Å². The van der Waals surface area contributed by atoms with Crippen molar-refractivity contribution in [3.05, 3.63) is 139 Å². The zero-order valence-corrected chi connectivity index (χ0v) is 23.5. The molecule has 0 amide bonds. The zero-order chi connectivity index (χ0) is 28.0. The predicted molar refractivity (Wildman–Crippen MR) is 174 cm³/mol. The van der Waals surface area contributed by atoms with E-state index in [4.69, 9.17) is 4.98 Å². The highest BCUT2D eigenvalue weighted by Crippen LogP contribution is 2.52. The van der Waals surface area contributed by atoms with Crippen LogP contribution in [0.2, 0.25) is 0 Å². The van der Waals surface area contributed by atoms with E-state index in [1.807, 2.05) is 12.3 Å². The summed E-state index contributed by atoms with van der Waals surface area (Å²) >= 11 is 0. The summed E-state index contributed by atoms with van der Waals surface area (Å²) in [6.45, 7) is 4.70. The fraction of sp³-hybridized carbons (Fsp3) is 0.0769. The molecule has 1 aliphatic rings. The van der Waals surface area contributed by atoms with Gasteiger partial charge >= 0.3 is 0 Å². The van der Waals surface area contributed by atoms with Crippen molar-refractivity contribution in [2.24, 2.45) is 0 Å². The highest BCUT2D eigenvalue weighted by molar-refractivity contribution is 6.15. The molecular weight excluding hydrogens is 510 g/mol. The van der Waals surface area contributed by atoms with Crippen molar-refractivity contribution < 1.29 is 0 Å². The number of benzene rings is 5. The van der Waals surface area contributed by atoms with Gasteiger partial charge in [-0.3, -0.25) is 4.98 Å². The van der Waals surface area contributed by atoms with Gasteiger partial charge in [0.15, 0.2) is 0 Å². The topological polar surface area (TPSA) is 30.7 Å². The summed E-state index contributed by atoms with van der Waals surface area (Å²) in [5.41, 5.74) is 13.0. The molecule has 0 unspecified atom stereocenters. The van der Waals surface area contributed by atoms with Crippen LogP contribution in [0.15, 0.2) is 128 Å². The Morgan fingerprint density at radius 2 is 1.36 bits per heavy atom. The Morgan fingerprint density at radius 3 is 2.24 bits per heavy atom. The van der Waals surface area contributed by atoms with E-state index in [-0.39, 0.29) is 5.41 Å². The summed E-state index contributed by atoms with van der Waals surface area (Å²) in [4.78, 5) is 9.72. The van der Waals surface area contributed by atoms with Gasteiger partial charge in [0.2, 0.25) is 0 Å². The third-order valence-corrected chi connectivity index (χ3v) is 9.23. The second-order valence-electron chi connectivity index (χ2n) is 11.9. The van der Waals surface area contributed by atoms with Crippen LogP contribution in [0.4, 0.5) is 0 Å². The van der Waals surface area contributed by atoms with Crippen LogP contribution in [0.5, 0.6) is 0 Å². The van der Waals surface area contributed by atoms with Crippen LogP contribution in [-0.2, 0) is 5.41 Å². The summed E-state index contributed by atoms with van der Waals surface area (Å²) in [6, 6.07) is 43.8. The van der Waals surface area contributed by atoms with Crippen LogP contribution in [0.3, 0.4) is 0 Å². The lowest BCUT2D eigenvalue weighted by Gasteiger charge is -2.21. The number of hydrogen-bond acceptors (Lipinski definition) is 2. The maximum absolute atomic E-state index is 5.08. The van der Waals surface area contributed by atoms with Gasteiger partial charge in [0.1, 0.15) is 0 Å². The van der Waals surface area contributed by atoms with E-state index in [0.29, 0.717) is 0 Å². The molecule has 0 N–H and O–H groups in total.